The zero-order valence-electron chi connectivity index (χ0n) is 19.7. The molecular weight excluding hydrogens is 484 g/mol. The normalized spacial score (nSPS) is 14.6. The van der Waals surface area contributed by atoms with Gasteiger partial charge in [0.1, 0.15) is 0 Å². The van der Waals surface area contributed by atoms with Crippen molar-refractivity contribution in [3.63, 3.8) is 0 Å². The Morgan fingerprint density at radius 1 is 1.09 bits per heavy atom. The summed E-state index contributed by atoms with van der Waals surface area (Å²) in [4.78, 5) is 24.1. The zero-order chi connectivity index (χ0) is 24.8. The first-order chi connectivity index (χ1) is 16.9. The Hall–Kier alpha value is -2.97. The number of carbonyl (C=O) groups is 1. The summed E-state index contributed by atoms with van der Waals surface area (Å²) in [5.74, 6) is 0.465. The lowest BCUT2D eigenvalue weighted by Crippen LogP contribution is -2.36. The molecule has 1 aromatic heterocycles. The second-order valence-electron chi connectivity index (χ2n) is 8.79. The lowest BCUT2D eigenvalue weighted by Gasteiger charge is -2.32. The Bertz CT molecular complexity index is 1260. The van der Waals surface area contributed by atoms with Crippen molar-refractivity contribution < 1.29 is 13.2 Å². The van der Waals surface area contributed by atoms with Crippen LogP contribution in [0.25, 0.3) is 0 Å². The summed E-state index contributed by atoms with van der Waals surface area (Å²) < 4.78 is 27.4. The van der Waals surface area contributed by atoms with Gasteiger partial charge in [-0.2, -0.15) is 0 Å². The number of aryl methyl sites for hydroxylation is 1. The van der Waals surface area contributed by atoms with Crippen LogP contribution in [0.4, 0.5) is 5.95 Å². The van der Waals surface area contributed by atoms with Crippen molar-refractivity contribution in [1.29, 1.82) is 0 Å². The van der Waals surface area contributed by atoms with Crippen LogP contribution in [0.2, 0.25) is 5.02 Å². The minimum absolute atomic E-state index is 0.0387. The van der Waals surface area contributed by atoms with E-state index in [0.29, 0.717) is 29.0 Å². The highest BCUT2D eigenvalue weighted by molar-refractivity contribution is 7.90. The monoisotopic (exact) mass is 512 g/mol. The average molecular weight is 513 g/mol. The molecule has 1 aliphatic rings. The maximum Gasteiger partial charge on any atom is 0.268 e. The van der Waals surface area contributed by atoms with E-state index in [2.05, 4.69) is 43.9 Å². The Morgan fingerprint density at radius 2 is 1.77 bits per heavy atom. The van der Waals surface area contributed by atoms with Gasteiger partial charge in [0.25, 0.3) is 15.9 Å². The van der Waals surface area contributed by atoms with Crippen LogP contribution in [0.5, 0.6) is 0 Å². The van der Waals surface area contributed by atoms with Crippen molar-refractivity contribution in [3.05, 3.63) is 82.6 Å². The quantitative estimate of drug-likeness (QED) is 0.472. The minimum atomic E-state index is -4.04. The fraction of sp³-hybridized carbons (Fsp3) is 0.346. The second kappa shape index (κ2) is 11.2. The van der Waals surface area contributed by atoms with Crippen LogP contribution in [-0.2, 0) is 22.9 Å². The molecule has 0 saturated carbocycles. The van der Waals surface area contributed by atoms with Gasteiger partial charge in [0, 0.05) is 24.3 Å². The van der Waals surface area contributed by atoms with Crippen LogP contribution in [0.15, 0.2) is 65.7 Å². The number of anilines is 1. The minimum Gasteiger partial charge on any atom is -0.341 e. The Kier molecular flexibility index (Phi) is 8.03. The predicted molar refractivity (Wildman–Crippen MR) is 137 cm³/mol. The fourth-order valence-electron chi connectivity index (χ4n) is 4.31. The molecule has 2 heterocycles. The summed E-state index contributed by atoms with van der Waals surface area (Å²) in [5.41, 5.74) is 2.08. The molecular formula is C26H29ClN4O3S. The lowest BCUT2D eigenvalue weighted by atomic mass is 9.90. The molecule has 184 valence electrons. The van der Waals surface area contributed by atoms with Crippen molar-refractivity contribution in [1.82, 2.24) is 14.7 Å². The number of amides is 1. The number of carbonyl (C=O) groups excluding carboxylic acids is 1. The number of benzene rings is 2. The standard InChI is InChI=1S/C26H29ClN4O3S/c1-2-6-24-23(25(32)30-35(33,34)22-11-9-21(27)10-12-22)18-28-26(29-24)31-15-13-20(14-16-31)17-19-7-4-3-5-8-19/h3-5,7-12,18,20H,2,6,13-17H2,1H3,(H,30,32). The molecule has 1 fully saturated rings. The Labute approximate surface area is 211 Å². The summed E-state index contributed by atoms with van der Waals surface area (Å²) in [6.07, 6.45) is 5.91. The topological polar surface area (TPSA) is 92.3 Å². The first-order valence-electron chi connectivity index (χ1n) is 11.8. The van der Waals surface area contributed by atoms with Gasteiger partial charge in [-0.15, -0.1) is 0 Å². The summed E-state index contributed by atoms with van der Waals surface area (Å²) >= 11 is 5.84. The molecule has 1 saturated heterocycles. The Morgan fingerprint density at radius 3 is 2.43 bits per heavy atom. The fourth-order valence-corrected chi connectivity index (χ4v) is 5.40. The number of sulfonamides is 1. The van der Waals surface area contributed by atoms with Gasteiger partial charge < -0.3 is 4.90 Å². The van der Waals surface area contributed by atoms with Crippen molar-refractivity contribution in [3.8, 4) is 0 Å². The molecule has 35 heavy (non-hydrogen) atoms. The molecule has 0 unspecified atom stereocenters. The largest absolute Gasteiger partial charge is 0.341 e. The van der Waals surface area contributed by atoms with Crippen LogP contribution in [0.1, 0.15) is 47.8 Å². The zero-order valence-corrected chi connectivity index (χ0v) is 21.2. The predicted octanol–water partition coefficient (Wildman–Crippen LogP) is 4.66. The third kappa shape index (κ3) is 6.38. The van der Waals surface area contributed by atoms with Gasteiger partial charge in [-0.05, 0) is 61.4 Å². The number of hydrogen-bond acceptors (Lipinski definition) is 6. The third-order valence-electron chi connectivity index (χ3n) is 6.20. The summed E-state index contributed by atoms with van der Waals surface area (Å²) in [5, 5.41) is 0.411. The van der Waals surface area contributed by atoms with Crippen LogP contribution in [-0.4, -0.2) is 37.4 Å². The number of nitrogens with zero attached hydrogens (tertiary/aromatic N) is 3. The number of hydrogen-bond donors (Lipinski definition) is 1. The molecule has 4 rings (SSSR count). The molecule has 0 atom stereocenters. The molecule has 0 radical (unpaired) electrons. The van der Waals surface area contributed by atoms with Crippen LogP contribution in [0.3, 0.4) is 0 Å². The molecule has 2 aromatic carbocycles. The molecule has 9 heteroatoms. The van der Waals surface area contributed by atoms with Gasteiger partial charge >= 0.3 is 0 Å². The third-order valence-corrected chi connectivity index (χ3v) is 7.80. The molecule has 7 nitrogen and oxygen atoms in total. The molecule has 1 N–H and O–H groups in total. The van der Waals surface area contributed by atoms with Gasteiger partial charge in [-0.25, -0.2) is 23.1 Å². The SMILES string of the molecule is CCCc1nc(N2CCC(Cc3ccccc3)CC2)ncc1C(=O)NS(=O)(=O)c1ccc(Cl)cc1. The summed E-state index contributed by atoms with van der Waals surface area (Å²) in [7, 11) is -4.04. The van der Waals surface area contributed by atoms with Crippen LogP contribution < -0.4 is 9.62 Å². The van der Waals surface area contributed by atoms with Crippen molar-refractivity contribution in [2.45, 2.75) is 43.9 Å². The van der Waals surface area contributed by atoms with Gasteiger partial charge in [0.05, 0.1) is 16.2 Å². The van der Waals surface area contributed by atoms with E-state index in [-0.39, 0.29) is 10.5 Å². The van der Waals surface area contributed by atoms with Crippen molar-refractivity contribution in [2.24, 2.45) is 5.92 Å². The highest BCUT2D eigenvalue weighted by atomic mass is 35.5. The van der Waals surface area contributed by atoms with Crippen LogP contribution in [0, 0.1) is 5.92 Å². The number of rotatable bonds is 8. The molecule has 0 bridgehead atoms. The van der Waals surface area contributed by atoms with Crippen molar-refractivity contribution >= 4 is 33.5 Å². The van der Waals surface area contributed by atoms with E-state index in [4.69, 9.17) is 11.6 Å². The number of aromatic nitrogens is 2. The molecule has 1 amide bonds. The second-order valence-corrected chi connectivity index (χ2v) is 10.9. The molecule has 3 aromatic rings. The first-order valence-corrected chi connectivity index (χ1v) is 13.7. The van der Waals surface area contributed by atoms with Gasteiger partial charge in [-0.3, -0.25) is 4.79 Å². The average Bonchev–Trinajstić information content (AvgIpc) is 2.85. The van der Waals surface area contributed by atoms with Gasteiger partial charge in [-0.1, -0.05) is 55.3 Å². The van der Waals surface area contributed by atoms with Gasteiger partial charge in [0.2, 0.25) is 5.95 Å². The molecule has 1 aliphatic heterocycles. The van der Waals surface area contributed by atoms with E-state index in [1.54, 1.807) is 0 Å². The summed E-state index contributed by atoms with van der Waals surface area (Å²) in [6, 6.07) is 16.2. The molecule has 0 spiro atoms. The van der Waals surface area contributed by atoms with E-state index in [0.717, 1.165) is 38.8 Å². The van der Waals surface area contributed by atoms with E-state index < -0.39 is 15.9 Å². The first kappa shape index (κ1) is 25.1. The lowest BCUT2D eigenvalue weighted by molar-refractivity contribution is 0.0979. The molecule has 0 aliphatic carbocycles. The number of nitrogens with one attached hydrogen (secondary N) is 1. The van der Waals surface area contributed by atoms with E-state index in [1.807, 2.05) is 13.0 Å². The number of halogens is 1. The number of piperidine rings is 1. The summed E-state index contributed by atoms with van der Waals surface area (Å²) in [6.45, 7) is 3.68. The highest BCUT2D eigenvalue weighted by Crippen LogP contribution is 2.25. The highest BCUT2D eigenvalue weighted by Gasteiger charge is 2.25. The smallest absolute Gasteiger partial charge is 0.268 e. The maximum atomic E-state index is 12.9. The van der Waals surface area contributed by atoms with Gasteiger partial charge in [0.15, 0.2) is 0 Å². The Balaban J connectivity index is 1.45. The maximum absolute atomic E-state index is 12.9. The van der Waals surface area contributed by atoms with E-state index in [9.17, 15) is 13.2 Å². The van der Waals surface area contributed by atoms with E-state index >= 15 is 0 Å². The van der Waals surface area contributed by atoms with E-state index in [1.165, 1.54) is 36.0 Å². The van der Waals surface area contributed by atoms with Crippen LogP contribution >= 0.6 is 11.6 Å². The van der Waals surface area contributed by atoms with Crippen molar-refractivity contribution in [2.75, 3.05) is 18.0 Å².